The molecular weight excluding hydrogens is 308 g/mol. The van der Waals surface area contributed by atoms with Gasteiger partial charge in [0, 0.05) is 19.0 Å². The van der Waals surface area contributed by atoms with Gasteiger partial charge in [-0.05, 0) is 44.9 Å². The van der Waals surface area contributed by atoms with Crippen LogP contribution in [-0.4, -0.2) is 45.9 Å². The van der Waals surface area contributed by atoms with Crippen molar-refractivity contribution >= 4 is 17.8 Å². The van der Waals surface area contributed by atoms with Gasteiger partial charge >= 0.3 is 5.97 Å². The lowest BCUT2D eigenvalue weighted by Gasteiger charge is -2.33. The smallest absolute Gasteiger partial charge is 0.329 e. The van der Waals surface area contributed by atoms with Gasteiger partial charge in [-0.15, -0.1) is 0 Å². The molecule has 1 heterocycles. The van der Waals surface area contributed by atoms with E-state index in [0.29, 0.717) is 25.3 Å². The minimum Gasteiger partial charge on any atom is -0.480 e. The van der Waals surface area contributed by atoms with Crippen LogP contribution in [0.15, 0.2) is 0 Å². The fourth-order valence-electron chi connectivity index (χ4n) is 3.91. The summed E-state index contributed by atoms with van der Waals surface area (Å²) in [4.78, 5) is 38.2. The zero-order valence-corrected chi connectivity index (χ0v) is 15.0. The van der Waals surface area contributed by atoms with Crippen LogP contribution in [0.3, 0.4) is 0 Å². The van der Waals surface area contributed by atoms with Gasteiger partial charge < -0.3 is 15.3 Å². The number of amides is 2. The first kappa shape index (κ1) is 18.7. The van der Waals surface area contributed by atoms with E-state index in [2.05, 4.69) is 12.2 Å². The van der Waals surface area contributed by atoms with Gasteiger partial charge in [-0.1, -0.05) is 20.3 Å². The molecule has 0 radical (unpaired) electrons. The molecule has 2 atom stereocenters. The highest BCUT2D eigenvalue weighted by Gasteiger charge is 2.42. The highest BCUT2D eigenvalue weighted by Crippen LogP contribution is 2.31. The topological polar surface area (TPSA) is 86.7 Å². The molecule has 0 spiro atoms. The monoisotopic (exact) mass is 338 g/mol. The first-order chi connectivity index (χ1) is 11.3. The molecule has 0 aromatic heterocycles. The van der Waals surface area contributed by atoms with Crippen molar-refractivity contribution in [1.82, 2.24) is 10.2 Å². The number of likely N-dealkylation sites (tertiary alicyclic amines) is 1. The van der Waals surface area contributed by atoms with Crippen LogP contribution in [0, 0.1) is 11.8 Å². The Bertz CT molecular complexity index is 499. The molecule has 6 heteroatoms. The van der Waals surface area contributed by atoms with Crippen LogP contribution in [0.4, 0.5) is 0 Å². The van der Waals surface area contributed by atoms with E-state index in [1.807, 2.05) is 11.8 Å². The lowest BCUT2D eigenvalue weighted by Crippen LogP contribution is -2.54. The maximum atomic E-state index is 12.5. The maximum Gasteiger partial charge on any atom is 0.329 e. The molecule has 1 saturated heterocycles. The molecule has 2 unspecified atom stereocenters. The summed E-state index contributed by atoms with van der Waals surface area (Å²) in [5, 5.41) is 12.1. The van der Waals surface area contributed by atoms with Crippen LogP contribution >= 0.6 is 0 Å². The second-order valence-corrected chi connectivity index (χ2v) is 7.74. The van der Waals surface area contributed by atoms with Crippen LogP contribution in [0.25, 0.3) is 0 Å². The fourth-order valence-corrected chi connectivity index (χ4v) is 3.91. The maximum absolute atomic E-state index is 12.5. The predicted octanol–water partition coefficient (Wildman–Crippen LogP) is 2.17. The summed E-state index contributed by atoms with van der Waals surface area (Å²) in [6.45, 7) is 6.08. The highest BCUT2D eigenvalue weighted by atomic mass is 16.4. The number of carbonyl (C=O) groups is 3. The number of hydrogen-bond donors (Lipinski definition) is 2. The van der Waals surface area contributed by atoms with Gasteiger partial charge in [-0.2, -0.15) is 0 Å². The van der Waals surface area contributed by atoms with Crippen LogP contribution in [0.1, 0.15) is 65.7 Å². The van der Waals surface area contributed by atoms with Gasteiger partial charge in [0.15, 0.2) is 0 Å². The SMILES string of the molecule is CCCC(C)(NC(=O)C1CC(=O)N(C2CCC(C)CC2)C1)C(=O)O. The Morgan fingerprint density at radius 1 is 1.29 bits per heavy atom. The molecule has 0 aromatic rings. The molecule has 2 N–H and O–H groups in total. The first-order valence-electron chi connectivity index (χ1n) is 9.11. The van der Waals surface area contributed by atoms with E-state index in [1.54, 1.807) is 0 Å². The predicted molar refractivity (Wildman–Crippen MR) is 90.3 cm³/mol. The Hall–Kier alpha value is -1.59. The lowest BCUT2D eigenvalue weighted by molar-refractivity contribution is -0.147. The lowest BCUT2D eigenvalue weighted by atomic mass is 9.86. The number of rotatable bonds is 6. The van der Waals surface area contributed by atoms with Crippen molar-refractivity contribution in [2.24, 2.45) is 11.8 Å². The van der Waals surface area contributed by atoms with Crippen molar-refractivity contribution in [3.8, 4) is 0 Å². The number of aliphatic carboxylic acids is 1. The van der Waals surface area contributed by atoms with E-state index in [1.165, 1.54) is 6.92 Å². The van der Waals surface area contributed by atoms with Crippen LogP contribution < -0.4 is 5.32 Å². The summed E-state index contributed by atoms with van der Waals surface area (Å²) in [6.07, 6.45) is 5.49. The van der Waals surface area contributed by atoms with Gasteiger partial charge in [-0.25, -0.2) is 4.79 Å². The number of carbonyl (C=O) groups excluding carboxylic acids is 2. The number of hydrogen-bond acceptors (Lipinski definition) is 3. The second kappa shape index (κ2) is 7.53. The molecule has 6 nitrogen and oxygen atoms in total. The largest absolute Gasteiger partial charge is 0.480 e. The minimum atomic E-state index is -1.26. The summed E-state index contributed by atoms with van der Waals surface area (Å²) < 4.78 is 0. The Morgan fingerprint density at radius 2 is 1.92 bits per heavy atom. The van der Waals surface area contributed by atoms with Crippen molar-refractivity contribution in [1.29, 1.82) is 0 Å². The van der Waals surface area contributed by atoms with Crippen molar-refractivity contribution in [3.05, 3.63) is 0 Å². The van der Waals surface area contributed by atoms with Crippen LogP contribution in [0.5, 0.6) is 0 Å². The zero-order chi connectivity index (χ0) is 17.9. The number of nitrogens with one attached hydrogen (secondary N) is 1. The van der Waals surface area contributed by atoms with E-state index in [4.69, 9.17) is 0 Å². The van der Waals surface area contributed by atoms with Gasteiger partial charge in [0.1, 0.15) is 5.54 Å². The van der Waals surface area contributed by atoms with E-state index in [9.17, 15) is 19.5 Å². The third kappa shape index (κ3) is 4.08. The fraction of sp³-hybridized carbons (Fsp3) is 0.833. The van der Waals surface area contributed by atoms with Crippen molar-refractivity contribution in [2.45, 2.75) is 77.3 Å². The Morgan fingerprint density at radius 3 is 2.46 bits per heavy atom. The van der Waals surface area contributed by atoms with E-state index in [-0.39, 0.29) is 24.3 Å². The standard InChI is InChI=1S/C18H30N2O4/c1-4-9-18(3,17(23)24)19-16(22)13-10-15(21)20(11-13)14-7-5-12(2)6-8-14/h12-14H,4-11H2,1-3H3,(H,19,22)(H,23,24). The minimum absolute atomic E-state index is 0.0298. The summed E-state index contributed by atoms with van der Waals surface area (Å²) in [6, 6.07) is 0.244. The van der Waals surface area contributed by atoms with Crippen LogP contribution in [0.2, 0.25) is 0 Å². The average molecular weight is 338 g/mol. The molecule has 2 amide bonds. The number of carboxylic acid groups (broad SMARTS) is 1. The Kier molecular flexibility index (Phi) is 5.88. The molecule has 1 saturated carbocycles. The summed E-state index contributed by atoms with van der Waals surface area (Å²) >= 11 is 0. The summed E-state index contributed by atoms with van der Waals surface area (Å²) in [5.74, 6) is -1.04. The second-order valence-electron chi connectivity index (χ2n) is 7.74. The molecule has 136 valence electrons. The molecule has 0 aromatic carbocycles. The number of carboxylic acids is 1. The summed E-state index contributed by atoms with van der Waals surface area (Å²) in [7, 11) is 0. The van der Waals surface area contributed by atoms with Gasteiger partial charge in [0.05, 0.1) is 5.92 Å². The van der Waals surface area contributed by atoms with Gasteiger partial charge in [-0.3, -0.25) is 9.59 Å². The van der Waals surface area contributed by atoms with Crippen LogP contribution in [-0.2, 0) is 14.4 Å². The summed E-state index contributed by atoms with van der Waals surface area (Å²) in [5.41, 5.74) is -1.26. The first-order valence-corrected chi connectivity index (χ1v) is 9.11. The Labute approximate surface area is 144 Å². The number of nitrogens with zero attached hydrogens (tertiary/aromatic N) is 1. The average Bonchev–Trinajstić information content (AvgIpc) is 2.90. The van der Waals surface area contributed by atoms with Crippen molar-refractivity contribution < 1.29 is 19.5 Å². The quantitative estimate of drug-likeness (QED) is 0.777. The van der Waals surface area contributed by atoms with Crippen molar-refractivity contribution in [3.63, 3.8) is 0 Å². The van der Waals surface area contributed by atoms with Gasteiger partial charge in [0.25, 0.3) is 0 Å². The van der Waals surface area contributed by atoms with E-state index < -0.39 is 17.4 Å². The molecule has 2 rings (SSSR count). The zero-order valence-electron chi connectivity index (χ0n) is 15.0. The third-order valence-electron chi connectivity index (χ3n) is 5.58. The molecular formula is C18H30N2O4. The molecule has 2 aliphatic rings. The molecule has 2 fully saturated rings. The third-order valence-corrected chi connectivity index (χ3v) is 5.58. The highest BCUT2D eigenvalue weighted by molar-refractivity contribution is 5.92. The Balaban J connectivity index is 1.97. The molecule has 1 aliphatic heterocycles. The van der Waals surface area contributed by atoms with Crippen molar-refractivity contribution in [2.75, 3.05) is 6.54 Å². The van der Waals surface area contributed by atoms with Gasteiger partial charge in [0.2, 0.25) is 11.8 Å². The molecule has 1 aliphatic carbocycles. The van der Waals surface area contributed by atoms with E-state index in [0.717, 1.165) is 25.7 Å². The van der Waals surface area contributed by atoms with E-state index >= 15 is 0 Å². The molecule has 24 heavy (non-hydrogen) atoms. The molecule has 0 bridgehead atoms. The normalized spacial score (nSPS) is 30.0.